The molecule has 4 nitrogen and oxygen atoms in total. The smallest absolute Gasteiger partial charge is 0.123 e. The van der Waals surface area contributed by atoms with Crippen molar-refractivity contribution in [2.75, 3.05) is 18.0 Å². The van der Waals surface area contributed by atoms with Crippen molar-refractivity contribution in [3.8, 4) is 5.75 Å². The lowest BCUT2D eigenvalue weighted by Gasteiger charge is -2.30. The third kappa shape index (κ3) is 3.93. The Balaban J connectivity index is 1.68. The maximum absolute atomic E-state index is 10.9. The quantitative estimate of drug-likeness (QED) is 0.510. The van der Waals surface area contributed by atoms with Crippen molar-refractivity contribution in [1.82, 2.24) is 0 Å². The second-order valence-electron chi connectivity index (χ2n) is 8.06. The van der Waals surface area contributed by atoms with E-state index in [0.717, 1.165) is 39.9 Å². The molecule has 3 N–H and O–H groups in total. The lowest BCUT2D eigenvalue weighted by Crippen LogP contribution is -2.33. The predicted molar refractivity (Wildman–Crippen MR) is 120 cm³/mol. The molecular formula is C26H29NO3. The highest BCUT2D eigenvalue weighted by Gasteiger charge is 2.38. The van der Waals surface area contributed by atoms with E-state index in [4.69, 9.17) is 0 Å². The fourth-order valence-electron chi connectivity index (χ4n) is 4.29. The number of aliphatic hydroxyl groups is 2. The van der Waals surface area contributed by atoms with E-state index in [1.807, 2.05) is 73.7 Å². The zero-order valence-corrected chi connectivity index (χ0v) is 17.5. The van der Waals surface area contributed by atoms with E-state index < -0.39 is 12.2 Å². The molecule has 0 amide bonds. The predicted octanol–water partition coefficient (Wildman–Crippen LogP) is 4.69. The molecule has 1 aliphatic carbocycles. The standard InChI is InChI=1S/C26H29NO3/c1-3-18-14-21(24-17(2)25(24)26(18)30)27(15-22(28)19-10-6-4-7-11-19)16-23(29)20-12-8-5-9-13-20/h4-14,17,22-23,28-30H,3,15-16H2,1-2H3. The first kappa shape index (κ1) is 20.5. The third-order valence-corrected chi connectivity index (χ3v) is 6.10. The highest BCUT2D eigenvalue weighted by atomic mass is 16.3. The summed E-state index contributed by atoms with van der Waals surface area (Å²) in [4.78, 5) is 2.07. The van der Waals surface area contributed by atoms with Crippen molar-refractivity contribution in [3.05, 3.63) is 94.5 Å². The van der Waals surface area contributed by atoms with Crippen molar-refractivity contribution in [3.63, 3.8) is 0 Å². The van der Waals surface area contributed by atoms with E-state index >= 15 is 0 Å². The van der Waals surface area contributed by atoms with Gasteiger partial charge in [-0.3, -0.25) is 0 Å². The van der Waals surface area contributed by atoms with Crippen LogP contribution in [0, 0.1) is 0 Å². The summed E-state index contributed by atoms with van der Waals surface area (Å²) in [5.74, 6) is 0.599. The molecule has 30 heavy (non-hydrogen) atoms. The van der Waals surface area contributed by atoms with Gasteiger partial charge in [-0.25, -0.2) is 0 Å². The van der Waals surface area contributed by atoms with E-state index in [1.54, 1.807) is 0 Å². The minimum Gasteiger partial charge on any atom is -0.507 e. The van der Waals surface area contributed by atoms with Gasteiger partial charge in [0.2, 0.25) is 0 Å². The van der Waals surface area contributed by atoms with Gasteiger partial charge in [-0.2, -0.15) is 0 Å². The van der Waals surface area contributed by atoms with E-state index in [2.05, 4.69) is 11.8 Å². The van der Waals surface area contributed by atoms with Crippen LogP contribution in [0.2, 0.25) is 0 Å². The maximum atomic E-state index is 10.9. The Morgan fingerprint density at radius 3 is 1.80 bits per heavy atom. The topological polar surface area (TPSA) is 63.9 Å². The molecular weight excluding hydrogens is 374 g/mol. The van der Waals surface area contributed by atoms with Crippen LogP contribution in [-0.4, -0.2) is 28.4 Å². The zero-order valence-electron chi connectivity index (χ0n) is 17.5. The fourth-order valence-corrected chi connectivity index (χ4v) is 4.29. The Bertz CT molecular complexity index is 953. The van der Waals surface area contributed by atoms with E-state index in [9.17, 15) is 15.3 Å². The fraction of sp³-hybridized carbons (Fsp3) is 0.308. The first-order valence-corrected chi connectivity index (χ1v) is 10.6. The lowest BCUT2D eigenvalue weighted by atomic mass is 10.0. The number of hydrogen-bond donors (Lipinski definition) is 3. The number of phenolic OH excluding ortho intramolecular Hbond substituents is 1. The summed E-state index contributed by atoms with van der Waals surface area (Å²) >= 11 is 0. The molecule has 3 unspecified atom stereocenters. The molecule has 1 aliphatic rings. The van der Waals surface area contributed by atoms with Crippen molar-refractivity contribution in [2.45, 2.75) is 38.4 Å². The Morgan fingerprint density at radius 1 is 0.833 bits per heavy atom. The summed E-state index contributed by atoms with van der Waals surface area (Å²) in [6, 6.07) is 21.2. The zero-order chi connectivity index (χ0) is 21.3. The summed E-state index contributed by atoms with van der Waals surface area (Å²) in [7, 11) is 0. The molecule has 156 valence electrons. The van der Waals surface area contributed by atoms with Gasteiger partial charge < -0.3 is 20.2 Å². The van der Waals surface area contributed by atoms with Gasteiger partial charge in [-0.1, -0.05) is 74.5 Å². The molecule has 0 bridgehead atoms. The Hall–Kier alpha value is -2.82. The Morgan fingerprint density at radius 2 is 1.33 bits per heavy atom. The summed E-state index contributed by atoms with van der Waals surface area (Å²) in [6.07, 6.45) is -0.634. The van der Waals surface area contributed by atoms with Crippen molar-refractivity contribution in [2.24, 2.45) is 0 Å². The molecule has 0 radical (unpaired) electrons. The molecule has 0 aliphatic heterocycles. The molecule has 0 saturated heterocycles. The number of phenols is 1. The number of hydrogen-bond acceptors (Lipinski definition) is 4. The second-order valence-corrected chi connectivity index (χ2v) is 8.06. The number of aromatic hydroxyl groups is 1. The van der Waals surface area contributed by atoms with Gasteiger partial charge in [0.15, 0.2) is 0 Å². The highest BCUT2D eigenvalue weighted by Crippen LogP contribution is 2.55. The number of rotatable bonds is 8. The van der Waals surface area contributed by atoms with Crippen molar-refractivity contribution < 1.29 is 15.3 Å². The molecule has 0 heterocycles. The molecule has 0 saturated carbocycles. The number of benzene rings is 3. The van der Waals surface area contributed by atoms with E-state index in [1.165, 1.54) is 0 Å². The van der Waals surface area contributed by atoms with Crippen molar-refractivity contribution in [1.29, 1.82) is 0 Å². The van der Waals surface area contributed by atoms with Crippen molar-refractivity contribution >= 4 is 5.69 Å². The molecule has 0 spiro atoms. The highest BCUT2D eigenvalue weighted by molar-refractivity contribution is 5.76. The van der Waals surface area contributed by atoms with Gasteiger partial charge >= 0.3 is 0 Å². The van der Waals surface area contributed by atoms with Gasteiger partial charge in [-0.15, -0.1) is 0 Å². The molecule has 4 heteroatoms. The number of anilines is 1. The largest absolute Gasteiger partial charge is 0.507 e. The maximum Gasteiger partial charge on any atom is 0.123 e. The SMILES string of the molecule is CCc1cc(N(CC(O)c2ccccc2)CC(O)c2ccccc2)c2c(c1O)C2C. The van der Waals surface area contributed by atoms with Crippen LogP contribution in [0.25, 0.3) is 0 Å². The minimum absolute atomic E-state index is 0.200. The van der Waals surface area contributed by atoms with Crippen LogP contribution >= 0.6 is 0 Å². The number of nitrogens with zero attached hydrogens (tertiary/aromatic N) is 1. The van der Waals surface area contributed by atoms with Gasteiger partial charge in [-0.05, 0) is 34.7 Å². The molecule has 0 aromatic heterocycles. The second kappa shape index (κ2) is 8.50. The van der Waals surface area contributed by atoms with Crippen LogP contribution in [0.4, 0.5) is 5.69 Å². The van der Waals surface area contributed by atoms with Crippen LogP contribution in [-0.2, 0) is 6.42 Å². The number of aryl methyl sites for hydroxylation is 1. The molecule has 4 rings (SSSR count). The van der Waals surface area contributed by atoms with Gasteiger partial charge in [0.25, 0.3) is 0 Å². The van der Waals surface area contributed by atoms with Gasteiger partial charge in [0, 0.05) is 30.3 Å². The molecule has 0 fully saturated rings. The monoisotopic (exact) mass is 403 g/mol. The van der Waals surface area contributed by atoms with Crippen LogP contribution in [0.5, 0.6) is 5.75 Å². The summed E-state index contributed by atoms with van der Waals surface area (Å²) in [5.41, 5.74) is 5.71. The number of fused-ring (bicyclic) bond motifs is 1. The van der Waals surface area contributed by atoms with Crippen LogP contribution < -0.4 is 4.90 Å². The molecule has 3 atom stereocenters. The van der Waals surface area contributed by atoms with Crippen LogP contribution in [0.1, 0.15) is 59.8 Å². The first-order chi connectivity index (χ1) is 14.5. The number of aliphatic hydroxyl groups excluding tert-OH is 2. The van der Waals surface area contributed by atoms with Gasteiger partial charge in [0.1, 0.15) is 5.75 Å². The first-order valence-electron chi connectivity index (χ1n) is 10.6. The summed E-state index contributed by atoms with van der Waals surface area (Å²) < 4.78 is 0. The summed E-state index contributed by atoms with van der Waals surface area (Å²) in [6.45, 7) is 4.84. The third-order valence-electron chi connectivity index (χ3n) is 6.10. The minimum atomic E-state index is -0.683. The molecule has 3 aromatic carbocycles. The van der Waals surface area contributed by atoms with Crippen LogP contribution in [0.15, 0.2) is 66.7 Å². The summed E-state index contributed by atoms with van der Waals surface area (Å²) in [5, 5.41) is 32.4. The Labute approximate surface area is 178 Å². The normalized spacial score (nSPS) is 16.6. The lowest BCUT2D eigenvalue weighted by molar-refractivity contribution is 0.161. The van der Waals surface area contributed by atoms with E-state index in [-0.39, 0.29) is 5.92 Å². The molecule has 3 aromatic rings. The average Bonchev–Trinajstić information content (AvgIpc) is 3.46. The van der Waals surface area contributed by atoms with E-state index in [0.29, 0.717) is 18.8 Å². The van der Waals surface area contributed by atoms with Crippen LogP contribution in [0.3, 0.4) is 0 Å². The Kier molecular flexibility index (Phi) is 5.80. The average molecular weight is 404 g/mol. The van der Waals surface area contributed by atoms with Gasteiger partial charge in [0.05, 0.1) is 12.2 Å².